The summed E-state index contributed by atoms with van der Waals surface area (Å²) in [4.78, 5) is 11.2. The standard InChI is InChI=1S/C13H15NO/c1-3-4-9(2)10-5-6-12-11(7-10)8-13(15)14-12/h5-7H,2-4,8H2,1H3,(H,14,15). The predicted molar refractivity (Wildman–Crippen MR) is 62.7 cm³/mol. The average Bonchev–Trinajstić information content (AvgIpc) is 2.57. The maximum absolute atomic E-state index is 11.2. The number of nitrogens with one attached hydrogen (secondary N) is 1. The van der Waals surface area contributed by atoms with Crippen LogP contribution in [0.15, 0.2) is 24.8 Å². The average molecular weight is 201 g/mol. The molecule has 1 aromatic carbocycles. The minimum Gasteiger partial charge on any atom is -0.326 e. The number of hydrogen-bond donors (Lipinski definition) is 1. The Labute approximate surface area is 90.0 Å². The lowest BCUT2D eigenvalue weighted by Gasteiger charge is -2.06. The number of benzene rings is 1. The molecule has 0 atom stereocenters. The van der Waals surface area contributed by atoms with E-state index >= 15 is 0 Å². The van der Waals surface area contributed by atoms with E-state index in [9.17, 15) is 4.79 Å². The number of carbonyl (C=O) groups excluding carboxylic acids is 1. The highest BCUT2D eigenvalue weighted by molar-refractivity contribution is 5.99. The van der Waals surface area contributed by atoms with Crippen LogP contribution in [0.2, 0.25) is 0 Å². The fraction of sp³-hybridized carbons (Fsp3) is 0.308. The third-order valence-electron chi connectivity index (χ3n) is 2.69. The second kappa shape index (κ2) is 3.89. The highest BCUT2D eigenvalue weighted by atomic mass is 16.1. The lowest BCUT2D eigenvalue weighted by molar-refractivity contribution is -0.115. The molecule has 0 saturated heterocycles. The lowest BCUT2D eigenvalue weighted by atomic mass is 10.00. The van der Waals surface area contributed by atoms with Gasteiger partial charge in [-0.15, -0.1) is 0 Å². The highest BCUT2D eigenvalue weighted by Gasteiger charge is 2.17. The fourth-order valence-electron chi connectivity index (χ4n) is 1.90. The minimum absolute atomic E-state index is 0.0863. The van der Waals surface area contributed by atoms with Crippen LogP contribution < -0.4 is 5.32 Å². The van der Waals surface area contributed by atoms with Crippen LogP contribution in [-0.4, -0.2) is 5.91 Å². The molecule has 1 heterocycles. The highest BCUT2D eigenvalue weighted by Crippen LogP contribution is 2.27. The van der Waals surface area contributed by atoms with Gasteiger partial charge in [-0.3, -0.25) is 4.79 Å². The van der Waals surface area contributed by atoms with Crippen LogP contribution >= 0.6 is 0 Å². The number of amides is 1. The van der Waals surface area contributed by atoms with Crippen molar-refractivity contribution >= 4 is 17.2 Å². The summed E-state index contributed by atoms with van der Waals surface area (Å²) >= 11 is 0. The molecule has 15 heavy (non-hydrogen) atoms. The number of rotatable bonds is 3. The molecule has 0 bridgehead atoms. The van der Waals surface area contributed by atoms with Crippen molar-refractivity contribution in [1.82, 2.24) is 0 Å². The third-order valence-corrected chi connectivity index (χ3v) is 2.69. The summed E-state index contributed by atoms with van der Waals surface area (Å²) in [6.07, 6.45) is 2.62. The Kier molecular flexibility index (Phi) is 2.58. The molecule has 0 fully saturated rings. The van der Waals surface area contributed by atoms with Gasteiger partial charge in [0, 0.05) is 5.69 Å². The van der Waals surface area contributed by atoms with Crippen molar-refractivity contribution in [2.75, 3.05) is 5.32 Å². The molecular formula is C13H15NO. The number of carbonyl (C=O) groups is 1. The van der Waals surface area contributed by atoms with E-state index in [0.29, 0.717) is 6.42 Å². The largest absolute Gasteiger partial charge is 0.326 e. The van der Waals surface area contributed by atoms with Crippen LogP contribution in [0.4, 0.5) is 5.69 Å². The Bertz CT molecular complexity index is 421. The lowest BCUT2D eigenvalue weighted by Crippen LogP contribution is -2.03. The monoisotopic (exact) mass is 201 g/mol. The molecule has 0 aromatic heterocycles. The molecule has 1 N–H and O–H groups in total. The van der Waals surface area contributed by atoms with Crippen molar-refractivity contribution in [2.24, 2.45) is 0 Å². The molecule has 0 radical (unpaired) electrons. The first kappa shape index (κ1) is 9.97. The van der Waals surface area contributed by atoms with E-state index in [1.165, 1.54) is 0 Å². The number of hydrogen-bond acceptors (Lipinski definition) is 1. The Balaban J connectivity index is 2.27. The van der Waals surface area contributed by atoms with Gasteiger partial charge >= 0.3 is 0 Å². The van der Waals surface area contributed by atoms with E-state index in [0.717, 1.165) is 35.2 Å². The Morgan fingerprint density at radius 3 is 3.07 bits per heavy atom. The van der Waals surface area contributed by atoms with Crippen LogP contribution in [-0.2, 0) is 11.2 Å². The van der Waals surface area contributed by atoms with Crippen molar-refractivity contribution in [3.8, 4) is 0 Å². The predicted octanol–water partition coefficient (Wildman–Crippen LogP) is 2.99. The zero-order chi connectivity index (χ0) is 10.8. The zero-order valence-corrected chi connectivity index (χ0v) is 8.97. The normalized spacial score (nSPS) is 13.5. The summed E-state index contributed by atoms with van der Waals surface area (Å²) in [5.74, 6) is 0.0863. The van der Waals surface area contributed by atoms with E-state index in [2.05, 4.69) is 24.9 Å². The Morgan fingerprint density at radius 2 is 2.33 bits per heavy atom. The first-order chi connectivity index (χ1) is 7.20. The topological polar surface area (TPSA) is 29.1 Å². The van der Waals surface area contributed by atoms with E-state index in [4.69, 9.17) is 0 Å². The van der Waals surface area contributed by atoms with Crippen molar-refractivity contribution in [1.29, 1.82) is 0 Å². The van der Waals surface area contributed by atoms with Crippen LogP contribution in [0.1, 0.15) is 30.9 Å². The molecule has 2 rings (SSSR count). The smallest absolute Gasteiger partial charge is 0.228 e. The summed E-state index contributed by atoms with van der Waals surface area (Å²) in [5, 5.41) is 2.83. The van der Waals surface area contributed by atoms with Gasteiger partial charge in [0.2, 0.25) is 5.91 Å². The Morgan fingerprint density at radius 1 is 1.53 bits per heavy atom. The molecule has 0 spiro atoms. The SMILES string of the molecule is C=C(CCC)c1ccc2c(c1)CC(=O)N2. The molecule has 1 aliphatic rings. The third kappa shape index (κ3) is 1.94. The first-order valence-corrected chi connectivity index (χ1v) is 5.31. The molecule has 2 nitrogen and oxygen atoms in total. The van der Waals surface area contributed by atoms with E-state index < -0.39 is 0 Å². The van der Waals surface area contributed by atoms with Crippen LogP contribution in [0.5, 0.6) is 0 Å². The van der Waals surface area contributed by atoms with Crippen LogP contribution in [0.3, 0.4) is 0 Å². The molecule has 0 aliphatic carbocycles. The van der Waals surface area contributed by atoms with Crippen LogP contribution in [0.25, 0.3) is 5.57 Å². The van der Waals surface area contributed by atoms with Gasteiger partial charge in [0.1, 0.15) is 0 Å². The number of allylic oxidation sites excluding steroid dienone is 1. The molecule has 1 aromatic rings. The maximum Gasteiger partial charge on any atom is 0.228 e. The van der Waals surface area contributed by atoms with Gasteiger partial charge < -0.3 is 5.32 Å². The summed E-state index contributed by atoms with van der Waals surface area (Å²) in [7, 11) is 0. The van der Waals surface area contributed by atoms with Gasteiger partial charge in [0.25, 0.3) is 0 Å². The molecule has 0 unspecified atom stereocenters. The summed E-state index contributed by atoms with van der Waals surface area (Å²) in [6, 6.07) is 6.07. The van der Waals surface area contributed by atoms with Gasteiger partial charge in [-0.1, -0.05) is 26.0 Å². The number of anilines is 1. The molecule has 1 aliphatic heterocycles. The molecule has 2 heteroatoms. The second-order valence-electron chi connectivity index (χ2n) is 3.95. The summed E-state index contributed by atoms with van der Waals surface area (Å²) in [5.41, 5.74) is 4.36. The molecular weight excluding hydrogens is 186 g/mol. The molecule has 1 amide bonds. The fourth-order valence-corrected chi connectivity index (χ4v) is 1.90. The van der Waals surface area contributed by atoms with Crippen molar-refractivity contribution in [3.05, 3.63) is 35.9 Å². The summed E-state index contributed by atoms with van der Waals surface area (Å²) in [6.45, 7) is 6.20. The maximum atomic E-state index is 11.2. The van der Waals surface area contributed by atoms with Gasteiger partial charge in [-0.05, 0) is 35.3 Å². The van der Waals surface area contributed by atoms with Gasteiger partial charge in [-0.2, -0.15) is 0 Å². The van der Waals surface area contributed by atoms with Crippen LogP contribution in [0, 0.1) is 0 Å². The Hall–Kier alpha value is -1.57. The van der Waals surface area contributed by atoms with Crippen molar-refractivity contribution in [3.63, 3.8) is 0 Å². The quantitative estimate of drug-likeness (QED) is 0.800. The molecule has 0 saturated carbocycles. The minimum atomic E-state index is 0.0863. The van der Waals surface area contributed by atoms with Gasteiger partial charge in [0.15, 0.2) is 0 Å². The van der Waals surface area contributed by atoms with E-state index in [1.807, 2.05) is 12.1 Å². The van der Waals surface area contributed by atoms with Crippen molar-refractivity contribution < 1.29 is 4.79 Å². The van der Waals surface area contributed by atoms with Gasteiger partial charge in [0.05, 0.1) is 6.42 Å². The first-order valence-electron chi connectivity index (χ1n) is 5.31. The number of fused-ring (bicyclic) bond motifs is 1. The van der Waals surface area contributed by atoms with E-state index in [1.54, 1.807) is 0 Å². The summed E-state index contributed by atoms with van der Waals surface area (Å²) < 4.78 is 0. The van der Waals surface area contributed by atoms with Crippen molar-refractivity contribution in [2.45, 2.75) is 26.2 Å². The second-order valence-corrected chi connectivity index (χ2v) is 3.95. The van der Waals surface area contributed by atoms with E-state index in [-0.39, 0.29) is 5.91 Å². The zero-order valence-electron chi connectivity index (χ0n) is 8.97. The molecule has 78 valence electrons. The van der Waals surface area contributed by atoms with Gasteiger partial charge in [-0.25, -0.2) is 0 Å².